The van der Waals surface area contributed by atoms with E-state index in [1.54, 1.807) is 0 Å². The summed E-state index contributed by atoms with van der Waals surface area (Å²) in [5, 5.41) is 0. The number of hydrogen-bond donors (Lipinski definition) is 0. The number of aromatic nitrogens is 1. The summed E-state index contributed by atoms with van der Waals surface area (Å²) >= 11 is 0. The summed E-state index contributed by atoms with van der Waals surface area (Å²) in [6.45, 7) is 7.72. The molecule has 0 saturated carbocycles. The number of piperidine rings is 2. The van der Waals surface area contributed by atoms with Gasteiger partial charge in [-0.2, -0.15) is 0 Å². The molecule has 0 spiro atoms. The molecule has 4 rings (SSSR count). The van der Waals surface area contributed by atoms with E-state index in [1.165, 1.54) is 6.42 Å². The standard InChI is InChI=1S/C19H27N3O/c1-13(2)17-9-15-11-21(12-16-5-3-4-8-20-16)10-14-6-7-18(23)22(17)19(14)15/h3-5,8,13-15,17,19H,6-7,9-12H2,1-2H3/t14-,15?,17-,19?/m1/s1. The van der Waals surface area contributed by atoms with Crippen molar-refractivity contribution in [3.8, 4) is 0 Å². The fourth-order valence-corrected chi connectivity index (χ4v) is 5.15. The van der Waals surface area contributed by atoms with Gasteiger partial charge in [0.2, 0.25) is 5.91 Å². The third-order valence-electron chi connectivity index (χ3n) is 6.07. The van der Waals surface area contributed by atoms with Gasteiger partial charge in [-0.1, -0.05) is 19.9 Å². The van der Waals surface area contributed by atoms with Gasteiger partial charge in [0.25, 0.3) is 0 Å². The van der Waals surface area contributed by atoms with E-state index in [-0.39, 0.29) is 0 Å². The Morgan fingerprint density at radius 2 is 2.09 bits per heavy atom. The van der Waals surface area contributed by atoms with Crippen molar-refractivity contribution in [2.45, 2.75) is 51.7 Å². The molecule has 4 heteroatoms. The predicted octanol–water partition coefficient (Wildman–Crippen LogP) is 2.55. The summed E-state index contributed by atoms with van der Waals surface area (Å²) in [6, 6.07) is 7.12. The third-order valence-corrected chi connectivity index (χ3v) is 6.07. The molecular formula is C19H27N3O. The van der Waals surface area contributed by atoms with Crippen molar-refractivity contribution in [3.63, 3.8) is 0 Å². The average molecular weight is 313 g/mol. The molecule has 1 amide bonds. The molecular weight excluding hydrogens is 286 g/mol. The van der Waals surface area contributed by atoms with E-state index in [0.717, 1.165) is 38.2 Å². The maximum absolute atomic E-state index is 12.5. The summed E-state index contributed by atoms with van der Waals surface area (Å²) < 4.78 is 0. The van der Waals surface area contributed by atoms with Crippen molar-refractivity contribution in [2.75, 3.05) is 13.1 Å². The number of hydrogen-bond acceptors (Lipinski definition) is 3. The van der Waals surface area contributed by atoms with Crippen molar-refractivity contribution < 1.29 is 4.79 Å². The lowest BCUT2D eigenvalue weighted by Crippen LogP contribution is -2.57. The van der Waals surface area contributed by atoms with E-state index in [9.17, 15) is 4.79 Å². The monoisotopic (exact) mass is 313 g/mol. The van der Waals surface area contributed by atoms with Crippen LogP contribution in [0.25, 0.3) is 0 Å². The minimum atomic E-state index is 0.408. The molecule has 3 aliphatic rings. The molecule has 4 heterocycles. The molecule has 2 unspecified atom stereocenters. The van der Waals surface area contributed by atoms with Crippen LogP contribution in [-0.4, -0.2) is 45.9 Å². The number of rotatable bonds is 3. The van der Waals surface area contributed by atoms with E-state index >= 15 is 0 Å². The Hall–Kier alpha value is -1.42. The molecule has 0 N–H and O–H groups in total. The Bertz CT molecular complexity index is 573. The lowest BCUT2D eigenvalue weighted by Gasteiger charge is -2.47. The quantitative estimate of drug-likeness (QED) is 0.860. The van der Waals surface area contributed by atoms with Crippen LogP contribution in [0.4, 0.5) is 0 Å². The second-order valence-corrected chi connectivity index (χ2v) is 7.91. The predicted molar refractivity (Wildman–Crippen MR) is 89.6 cm³/mol. The Morgan fingerprint density at radius 1 is 1.26 bits per heavy atom. The molecule has 4 nitrogen and oxygen atoms in total. The van der Waals surface area contributed by atoms with Crippen LogP contribution in [0.15, 0.2) is 24.4 Å². The Kier molecular flexibility index (Phi) is 3.88. The highest BCUT2D eigenvalue weighted by Gasteiger charge is 2.52. The minimum Gasteiger partial charge on any atom is -0.336 e. The van der Waals surface area contributed by atoms with Crippen LogP contribution in [0.5, 0.6) is 0 Å². The molecule has 1 aromatic rings. The third kappa shape index (κ3) is 2.67. The van der Waals surface area contributed by atoms with Gasteiger partial charge in [0.05, 0.1) is 5.69 Å². The van der Waals surface area contributed by atoms with Crippen LogP contribution >= 0.6 is 0 Å². The fraction of sp³-hybridized carbons (Fsp3) is 0.684. The van der Waals surface area contributed by atoms with Gasteiger partial charge in [0, 0.05) is 44.3 Å². The van der Waals surface area contributed by atoms with Gasteiger partial charge >= 0.3 is 0 Å². The lowest BCUT2D eigenvalue weighted by atomic mass is 9.79. The van der Waals surface area contributed by atoms with Crippen molar-refractivity contribution in [3.05, 3.63) is 30.1 Å². The average Bonchev–Trinajstić information content (AvgIpc) is 2.93. The van der Waals surface area contributed by atoms with Gasteiger partial charge < -0.3 is 4.90 Å². The molecule has 1 aromatic heterocycles. The summed E-state index contributed by atoms with van der Waals surface area (Å²) in [4.78, 5) is 21.9. The normalized spacial score (nSPS) is 34.0. The molecule has 3 saturated heterocycles. The first-order valence-electron chi connectivity index (χ1n) is 9.07. The van der Waals surface area contributed by atoms with Gasteiger partial charge in [-0.25, -0.2) is 0 Å². The van der Waals surface area contributed by atoms with Crippen LogP contribution in [0, 0.1) is 17.8 Å². The van der Waals surface area contributed by atoms with Gasteiger partial charge in [-0.3, -0.25) is 14.7 Å². The van der Waals surface area contributed by atoms with Crippen molar-refractivity contribution >= 4 is 5.91 Å². The molecule has 3 fully saturated rings. The van der Waals surface area contributed by atoms with Gasteiger partial charge in [0.15, 0.2) is 0 Å². The van der Waals surface area contributed by atoms with E-state index in [1.807, 2.05) is 12.3 Å². The summed E-state index contributed by atoms with van der Waals surface area (Å²) in [5.74, 6) is 2.27. The van der Waals surface area contributed by atoms with E-state index in [0.29, 0.717) is 35.7 Å². The molecule has 0 bridgehead atoms. The Morgan fingerprint density at radius 3 is 2.83 bits per heavy atom. The molecule has 3 aliphatic heterocycles. The van der Waals surface area contributed by atoms with Crippen LogP contribution < -0.4 is 0 Å². The van der Waals surface area contributed by atoms with Crippen LogP contribution in [-0.2, 0) is 11.3 Å². The maximum Gasteiger partial charge on any atom is 0.223 e. The zero-order valence-corrected chi connectivity index (χ0v) is 14.2. The van der Waals surface area contributed by atoms with Gasteiger partial charge in [-0.05, 0) is 42.7 Å². The molecule has 4 atom stereocenters. The van der Waals surface area contributed by atoms with E-state index in [4.69, 9.17) is 0 Å². The molecule has 124 valence electrons. The van der Waals surface area contributed by atoms with Crippen molar-refractivity contribution in [2.24, 2.45) is 17.8 Å². The Balaban J connectivity index is 1.53. The van der Waals surface area contributed by atoms with Gasteiger partial charge in [0.1, 0.15) is 0 Å². The lowest BCUT2D eigenvalue weighted by molar-refractivity contribution is -0.142. The molecule has 0 aromatic carbocycles. The topological polar surface area (TPSA) is 36.4 Å². The second kappa shape index (κ2) is 5.90. The number of likely N-dealkylation sites (tertiary alicyclic amines) is 1. The number of carbonyl (C=O) groups is 1. The number of amides is 1. The van der Waals surface area contributed by atoms with Crippen LogP contribution in [0.2, 0.25) is 0 Å². The van der Waals surface area contributed by atoms with Crippen molar-refractivity contribution in [1.29, 1.82) is 0 Å². The smallest absolute Gasteiger partial charge is 0.223 e. The Labute approximate surface area is 138 Å². The fourth-order valence-electron chi connectivity index (χ4n) is 5.15. The molecule has 23 heavy (non-hydrogen) atoms. The first-order chi connectivity index (χ1) is 11.1. The van der Waals surface area contributed by atoms with Crippen molar-refractivity contribution in [1.82, 2.24) is 14.8 Å². The van der Waals surface area contributed by atoms with Crippen LogP contribution in [0.1, 0.15) is 38.8 Å². The van der Waals surface area contributed by atoms with Gasteiger partial charge in [-0.15, -0.1) is 0 Å². The zero-order chi connectivity index (χ0) is 16.0. The largest absolute Gasteiger partial charge is 0.336 e. The summed E-state index contributed by atoms with van der Waals surface area (Å²) in [5.41, 5.74) is 1.16. The molecule has 0 aliphatic carbocycles. The number of pyridine rings is 1. The summed E-state index contributed by atoms with van der Waals surface area (Å²) in [6.07, 6.45) is 4.88. The second-order valence-electron chi connectivity index (χ2n) is 7.91. The highest BCUT2D eigenvalue weighted by atomic mass is 16.2. The molecule has 0 radical (unpaired) electrons. The minimum absolute atomic E-state index is 0.408. The van der Waals surface area contributed by atoms with Crippen LogP contribution in [0.3, 0.4) is 0 Å². The number of carbonyl (C=O) groups excluding carboxylic acids is 1. The number of nitrogens with zero attached hydrogens (tertiary/aromatic N) is 3. The first-order valence-corrected chi connectivity index (χ1v) is 9.07. The van der Waals surface area contributed by atoms with E-state index in [2.05, 4.69) is 40.8 Å². The highest BCUT2D eigenvalue weighted by molar-refractivity contribution is 5.78. The SMILES string of the molecule is CC(C)[C@H]1CC2CN(Cc3ccccn3)C[C@H]3CCC(=O)N1C23. The van der Waals surface area contributed by atoms with E-state index < -0.39 is 0 Å². The summed E-state index contributed by atoms with van der Waals surface area (Å²) in [7, 11) is 0. The maximum atomic E-state index is 12.5. The zero-order valence-electron chi connectivity index (χ0n) is 14.2. The first kappa shape index (κ1) is 15.1. The highest BCUT2D eigenvalue weighted by Crippen LogP contribution is 2.45.